The minimum absolute atomic E-state index is 0.169. The maximum atomic E-state index is 12.9. The van der Waals surface area contributed by atoms with Crippen molar-refractivity contribution in [2.45, 2.75) is 18.6 Å². The number of carbonyl (C=O) groups excluding carboxylic acids is 1. The molecule has 2 aromatic heterocycles. The van der Waals surface area contributed by atoms with E-state index in [1.165, 1.54) is 23.9 Å². The van der Waals surface area contributed by atoms with E-state index in [4.69, 9.17) is 10.5 Å². The molecule has 124 valence electrons. The molecule has 0 aliphatic rings. The zero-order chi connectivity index (χ0) is 17.1. The lowest BCUT2D eigenvalue weighted by atomic mass is 10.2. The molecular weight excluding hydrogens is 331 g/mol. The highest BCUT2D eigenvalue weighted by Gasteiger charge is 2.15. The number of aryl methyl sites for hydroxylation is 1. The molecule has 0 aliphatic heterocycles. The number of carbonyl (C=O) groups is 1. The van der Waals surface area contributed by atoms with E-state index in [2.05, 4.69) is 9.97 Å². The molecule has 0 aliphatic carbocycles. The van der Waals surface area contributed by atoms with Crippen LogP contribution < -0.4 is 10.5 Å². The molecule has 3 aromatic rings. The van der Waals surface area contributed by atoms with Crippen molar-refractivity contribution in [3.05, 3.63) is 53.7 Å². The molecule has 0 saturated carbocycles. The van der Waals surface area contributed by atoms with Crippen LogP contribution in [-0.2, 0) is 11.4 Å². The topological polar surface area (TPSA) is 82.5 Å². The van der Waals surface area contributed by atoms with Gasteiger partial charge in [0.05, 0.1) is 11.4 Å². The number of nitrogens with zero attached hydrogens (tertiary/aromatic N) is 3. The summed E-state index contributed by atoms with van der Waals surface area (Å²) >= 11 is 1.32. The van der Waals surface area contributed by atoms with Crippen LogP contribution in [0.15, 0.2) is 41.7 Å². The number of nitrogens with two attached hydrogens (primary N) is 1. The summed E-state index contributed by atoms with van der Waals surface area (Å²) in [6.07, 6.45) is 3.35. The van der Waals surface area contributed by atoms with E-state index >= 15 is 0 Å². The van der Waals surface area contributed by atoms with Gasteiger partial charge in [0.2, 0.25) is 11.6 Å². The normalized spacial score (nSPS) is 10.9. The van der Waals surface area contributed by atoms with Crippen molar-refractivity contribution in [1.29, 1.82) is 0 Å². The molecule has 0 atom stereocenters. The summed E-state index contributed by atoms with van der Waals surface area (Å²) in [5.41, 5.74) is 7.35. The van der Waals surface area contributed by atoms with Crippen LogP contribution in [0.25, 0.3) is 5.65 Å². The van der Waals surface area contributed by atoms with Gasteiger partial charge < -0.3 is 10.5 Å². The molecule has 0 spiro atoms. The largest absolute Gasteiger partial charge is 0.470 e. The number of fused-ring (bicyclic) bond motifs is 1. The SMILES string of the molecule is Cc1nc2c(OCc3ccc(F)cc3)nccn2c1SCC(N)=O. The molecule has 1 aromatic carbocycles. The molecule has 8 heteroatoms. The molecular formula is C16H15FN4O2S. The van der Waals surface area contributed by atoms with Gasteiger partial charge in [-0.3, -0.25) is 9.20 Å². The highest BCUT2D eigenvalue weighted by Crippen LogP contribution is 2.27. The number of aromatic nitrogens is 3. The Kier molecular flexibility index (Phi) is 4.66. The highest BCUT2D eigenvalue weighted by atomic mass is 32.2. The minimum Gasteiger partial charge on any atom is -0.470 e. The van der Waals surface area contributed by atoms with Crippen molar-refractivity contribution in [2.75, 3.05) is 5.75 Å². The first-order valence-electron chi connectivity index (χ1n) is 7.16. The fourth-order valence-electron chi connectivity index (χ4n) is 2.19. The van der Waals surface area contributed by atoms with Crippen molar-refractivity contribution >= 4 is 23.3 Å². The van der Waals surface area contributed by atoms with E-state index in [1.807, 2.05) is 11.3 Å². The fourth-order valence-corrected chi connectivity index (χ4v) is 3.01. The van der Waals surface area contributed by atoms with Gasteiger partial charge in [-0.1, -0.05) is 23.9 Å². The van der Waals surface area contributed by atoms with Gasteiger partial charge in [-0.15, -0.1) is 0 Å². The predicted octanol–water partition coefficient (Wildman–Crippen LogP) is 2.33. The van der Waals surface area contributed by atoms with Gasteiger partial charge in [-0.25, -0.2) is 14.4 Å². The Balaban J connectivity index is 1.84. The molecule has 6 nitrogen and oxygen atoms in total. The van der Waals surface area contributed by atoms with E-state index in [-0.39, 0.29) is 18.2 Å². The Morgan fingerprint density at radius 1 is 1.38 bits per heavy atom. The number of amides is 1. The third-order valence-corrected chi connectivity index (χ3v) is 4.46. The maximum Gasteiger partial charge on any atom is 0.258 e. The Morgan fingerprint density at radius 2 is 2.12 bits per heavy atom. The van der Waals surface area contributed by atoms with E-state index in [0.29, 0.717) is 11.5 Å². The average molecular weight is 346 g/mol. The summed E-state index contributed by atoms with van der Waals surface area (Å²) in [4.78, 5) is 19.7. The zero-order valence-corrected chi connectivity index (χ0v) is 13.7. The Morgan fingerprint density at radius 3 is 2.83 bits per heavy atom. The fraction of sp³-hybridized carbons (Fsp3) is 0.188. The van der Waals surface area contributed by atoms with Crippen molar-refractivity contribution in [3.63, 3.8) is 0 Å². The van der Waals surface area contributed by atoms with E-state index in [0.717, 1.165) is 16.3 Å². The molecule has 0 saturated heterocycles. The van der Waals surface area contributed by atoms with E-state index < -0.39 is 5.91 Å². The summed E-state index contributed by atoms with van der Waals surface area (Å²) in [5, 5.41) is 0.817. The van der Waals surface area contributed by atoms with Gasteiger partial charge >= 0.3 is 0 Å². The minimum atomic E-state index is -0.392. The van der Waals surface area contributed by atoms with Crippen molar-refractivity contribution in [3.8, 4) is 5.88 Å². The van der Waals surface area contributed by atoms with Crippen molar-refractivity contribution < 1.29 is 13.9 Å². The molecule has 2 heterocycles. The van der Waals surface area contributed by atoms with Crippen molar-refractivity contribution in [2.24, 2.45) is 5.73 Å². The van der Waals surface area contributed by atoms with Gasteiger partial charge in [0.15, 0.2) is 0 Å². The first kappa shape index (κ1) is 16.3. The number of rotatable bonds is 6. The maximum absolute atomic E-state index is 12.9. The standard InChI is InChI=1S/C16H15FN4O2S/c1-10-16(24-9-13(18)22)21-7-6-19-15(14(21)20-10)23-8-11-2-4-12(17)5-3-11/h2-7H,8-9H2,1H3,(H2,18,22). The van der Waals surface area contributed by atoms with Crippen molar-refractivity contribution in [1.82, 2.24) is 14.4 Å². The quantitative estimate of drug-likeness (QED) is 0.693. The summed E-state index contributed by atoms with van der Waals surface area (Å²) in [6.45, 7) is 2.10. The lowest BCUT2D eigenvalue weighted by Crippen LogP contribution is -2.13. The Bertz CT molecular complexity index is 880. The second-order valence-electron chi connectivity index (χ2n) is 5.10. The van der Waals surface area contributed by atoms with Crippen LogP contribution in [0, 0.1) is 12.7 Å². The van der Waals surface area contributed by atoms with Crippen LogP contribution >= 0.6 is 11.8 Å². The lowest BCUT2D eigenvalue weighted by Gasteiger charge is -2.07. The third kappa shape index (κ3) is 3.48. The smallest absolute Gasteiger partial charge is 0.258 e. The highest BCUT2D eigenvalue weighted by molar-refractivity contribution is 8.00. The van der Waals surface area contributed by atoms with Crippen LogP contribution in [0.1, 0.15) is 11.3 Å². The van der Waals surface area contributed by atoms with E-state index in [1.54, 1.807) is 24.5 Å². The number of benzene rings is 1. The van der Waals surface area contributed by atoms with Gasteiger partial charge in [0, 0.05) is 12.4 Å². The Labute approximate surface area is 141 Å². The summed E-state index contributed by atoms with van der Waals surface area (Å²) < 4.78 is 20.5. The molecule has 24 heavy (non-hydrogen) atoms. The third-order valence-electron chi connectivity index (χ3n) is 3.27. The summed E-state index contributed by atoms with van der Waals surface area (Å²) in [7, 11) is 0. The van der Waals surface area contributed by atoms with Crippen LogP contribution in [0.4, 0.5) is 4.39 Å². The number of imidazole rings is 1. The number of thioether (sulfide) groups is 1. The summed E-state index contributed by atoms with van der Waals surface area (Å²) in [6, 6.07) is 6.07. The molecule has 0 radical (unpaired) electrons. The molecule has 0 fully saturated rings. The van der Waals surface area contributed by atoms with Crippen LogP contribution in [-0.4, -0.2) is 26.0 Å². The zero-order valence-electron chi connectivity index (χ0n) is 12.9. The van der Waals surface area contributed by atoms with Crippen LogP contribution in [0.5, 0.6) is 5.88 Å². The predicted molar refractivity (Wildman–Crippen MR) is 88.4 cm³/mol. The molecule has 0 bridgehead atoms. The second-order valence-corrected chi connectivity index (χ2v) is 6.06. The van der Waals surface area contributed by atoms with E-state index in [9.17, 15) is 9.18 Å². The first-order chi connectivity index (χ1) is 11.5. The number of halogens is 1. The molecule has 1 amide bonds. The molecule has 3 rings (SSSR count). The summed E-state index contributed by atoms with van der Waals surface area (Å²) in [5.74, 6) is -0.145. The Hall–Kier alpha value is -2.61. The number of primary amides is 1. The van der Waals surface area contributed by atoms with Crippen LogP contribution in [0.2, 0.25) is 0 Å². The second kappa shape index (κ2) is 6.88. The average Bonchev–Trinajstić information content (AvgIpc) is 2.88. The van der Waals surface area contributed by atoms with Gasteiger partial charge in [0.1, 0.15) is 17.5 Å². The lowest BCUT2D eigenvalue weighted by molar-refractivity contribution is -0.115. The molecule has 0 unspecified atom stereocenters. The van der Waals surface area contributed by atoms with Gasteiger partial charge in [-0.2, -0.15) is 0 Å². The number of ether oxygens (including phenoxy) is 1. The number of hydrogen-bond acceptors (Lipinski definition) is 5. The van der Waals surface area contributed by atoms with Gasteiger partial charge in [0.25, 0.3) is 5.88 Å². The number of hydrogen-bond donors (Lipinski definition) is 1. The first-order valence-corrected chi connectivity index (χ1v) is 8.15. The van der Waals surface area contributed by atoms with Gasteiger partial charge in [-0.05, 0) is 24.6 Å². The molecule has 2 N–H and O–H groups in total. The van der Waals surface area contributed by atoms with Crippen LogP contribution in [0.3, 0.4) is 0 Å². The monoisotopic (exact) mass is 346 g/mol.